The van der Waals surface area contributed by atoms with Crippen LogP contribution in [0.2, 0.25) is 0 Å². The van der Waals surface area contributed by atoms with Gasteiger partial charge in [-0.05, 0) is 30.3 Å². The van der Waals surface area contributed by atoms with Gasteiger partial charge in [-0.2, -0.15) is 0 Å². The molecule has 0 unspecified atom stereocenters. The van der Waals surface area contributed by atoms with Crippen LogP contribution in [0.4, 0.5) is 20.6 Å². The molecule has 138 valence electrons. The van der Waals surface area contributed by atoms with Crippen LogP contribution < -0.4 is 14.8 Å². The molecule has 0 atom stereocenters. The molecule has 0 aliphatic carbocycles. The molecule has 0 spiro atoms. The average Bonchev–Trinajstić information content (AvgIpc) is 2.63. The Labute approximate surface area is 149 Å². The van der Waals surface area contributed by atoms with Gasteiger partial charge in [-0.25, -0.2) is 9.18 Å². The summed E-state index contributed by atoms with van der Waals surface area (Å²) in [7, 11) is 2.95. The molecule has 2 rings (SSSR count). The third kappa shape index (κ3) is 5.07. The van der Waals surface area contributed by atoms with Gasteiger partial charge in [-0.15, -0.1) is 0 Å². The Kier molecular flexibility index (Phi) is 6.31. The largest absolute Gasteiger partial charge is 0.495 e. The van der Waals surface area contributed by atoms with Crippen LogP contribution in [0.25, 0.3) is 0 Å². The number of amides is 2. The van der Waals surface area contributed by atoms with E-state index in [-0.39, 0.29) is 30.3 Å². The van der Waals surface area contributed by atoms with E-state index in [0.717, 1.165) is 0 Å². The molecule has 2 aromatic carbocycles. The van der Waals surface area contributed by atoms with E-state index >= 15 is 0 Å². The summed E-state index contributed by atoms with van der Waals surface area (Å²) >= 11 is 0. The third-order valence-corrected chi connectivity index (χ3v) is 3.49. The van der Waals surface area contributed by atoms with E-state index in [4.69, 9.17) is 9.47 Å². The fourth-order valence-corrected chi connectivity index (χ4v) is 2.05. The number of nitro benzene ring substituents is 1. The Balaban J connectivity index is 1.93. The van der Waals surface area contributed by atoms with Crippen molar-refractivity contribution in [1.29, 1.82) is 0 Å². The molecule has 0 aliphatic rings. The highest BCUT2D eigenvalue weighted by atomic mass is 19.1. The zero-order valence-electron chi connectivity index (χ0n) is 14.3. The maximum atomic E-state index is 12.8. The SMILES string of the molecule is COc1ccc([N+](=O)[O-])cc1NC(=O)N(C)CCOc1ccc(F)cc1. The summed E-state index contributed by atoms with van der Waals surface area (Å²) in [6.07, 6.45) is 0. The first-order valence-corrected chi connectivity index (χ1v) is 7.63. The van der Waals surface area contributed by atoms with Crippen LogP contribution in [0.3, 0.4) is 0 Å². The summed E-state index contributed by atoms with van der Waals surface area (Å²) in [6.45, 7) is 0.447. The number of halogens is 1. The molecule has 0 fully saturated rings. The Morgan fingerprint density at radius 1 is 1.27 bits per heavy atom. The number of nitro groups is 1. The van der Waals surface area contributed by atoms with Gasteiger partial charge in [0.05, 0.1) is 24.3 Å². The summed E-state index contributed by atoms with van der Waals surface area (Å²) in [4.78, 5) is 23.9. The molecule has 2 amide bonds. The van der Waals surface area contributed by atoms with Crippen molar-refractivity contribution in [2.75, 3.05) is 32.6 Å². The highest BCUT2D eigenvalue weighted by Gasteiger charge is 2.15. The number of carbonyl (C=O) groups excluding carboxylic acids is 1. The zero-order chi connectivity index (χ0) is 19.1. The lowest BCUT2D eigenvalue weighted by molar-refractivity contribution is -0.384. The molecular weight excluding hydrogens is 345 g/mol. The van der Waals surface area contributed by atoms with E-state index < -0.39 is 11.0 Å². The number of carbonyl (C=O) groups is 1. The fourth-order valence-electron chi connectivity index (χ4n) is 2.05. The number of benzene rings is 2. The van der Waals surface area contributed by atoms with Crippen molar-refractivity contribution in [3.05, 3.63) is 58.4 Å². The van der Waals surface area contributed by atoms with Crippen molar-refractivity contribution in [1.82, 2.24) is 4.90 Å². The minimum Gasteiger partial charge on any atom is -0.495 e. The van der Waals surface area contributed by atoms with Gasteiger partial charge in [0.2, 0.25) is 0 Å². The van der Waals surface area contributed by atoms with Crippen LogP contribution in [0.5, 0.6) is 11.5 Å². The molecule has 26 heavy (non-hydrogen) atoms. The van der Waals surface area contributed by atoms with Gasteiger partial charge in [0.25, 0.3) is 5.69 Å². The first-order chi connectivity index (χ1) is 12.4. The van der Waals surface area contributed by atoms with Crippen molar-refractivity contribution in [3.63, 3.8) is 0 Å². The fraction of sp³-hybridized carbons (Fsp3) is 0.235. The second-order valence-corrected chi connectivity index (χ2v) is 5.30. The number of urea groups is 1. The topological polar surface area (TPSA) is 93.9 Å². The number of non-ortho nitro benzene ring substituents is 1. The average molecular weight is 363 g/mol. The second-order valence-electron chi connectivity index (χ2n) is 5.30. The molecule has 0 saturated heterocycles. The minimum atomic E-state index is -0.560. The Hall–Kier alpha value is -3.36. The molecular formula is C17H18FN3O5. The summed E-state index contributed by atoms with van der Waals surface area (Å²) in [5, 5.41) is 13.4. The number of nitrogens with one attached hydrogen (secondary N) is 1. The summed E-state index contributed by atoms with van der Waals surface area (Å²) in [5.41, 5.74) is 0.0291. The molecule has 2 aromatic rings. The van der Waals surface area contributed by atoms with E-state index in [0.29, 0.717) is 11.5 Å². The van der Waals surface area contributed by atoms with Crippen LogP contribution in [0.1, 0.15) is 0 Å². The van der Waals surface area contributed by atoms with E-state index in [2.05, 4.69) is 5.32 Å². The Morgan fingerprint density at radius 2 is 1.96 bits per heavy atom. The van der Waals surface area contributed by atoms with Crippen molar-refractivity contribution >= 4 is 17.4 Å². The highest BCUT2D eigenvalue weighted by Crippen LogP contribution is 2.29. The van der Waals surface area contributed by atoms with E-state index in [1.54, 1.807) is 7.05 Å². The van der Waals surface area contributed by atoms with Crippen LogP contribution in [-0.4, -0.2) is 43.2 Å². The summed E-state index contributed by atoms with van der Waals surface area (Å²) in [6, 6.07) is 8.97. The second kappa shape index (κ2) is 8.65. The van der Waals surface area contributed by atoms with E-state index in [1.165, 1.54) is 54.5 Å². The zero-order valence-corrected chi connectivity index (χ0v) is 14.3. The molecule has 0 aromatic heterocycles. The van der Waals surface area contributed by atoms with Crippen LogP contribution >= 0.6 is 0 Å². The number of anilines is 1. The molecule has 0 radical (unpaired) electrons. The summed E-state index contributed by atoms with van der Waals surface area (Å²) in [5.74, 6) is 0.431. The molecule has 0 heterocycles. The van der Waals surface area contributed by atoms with Crippen molar-refractivity contribution in [3.8, 4) is 11.5 Å². The van der Waals surface area contributed by atoms with Gasteiger partial charge in [0.15, 0.2) is 0 Å². The maximum absolute atomic E-state index is 12.8. The van der Waals surface area contributed by atoms with Gasteiger partial charge >= 0.3 is 6.03 Å². The van der Waals surface area contributed by atoms with Gasteiger partial charge in [0.1, 0.15) is 23.9 Å². The van der Waals surface area contributed by atoms with Gasteiger partial charge in [-0.1, -0.05) is 0 Å². The van der Waals surface area contributed by atoms with Gasteiger partial charge in [0, 0.05) is 19.2 Å². The first kappa shape index (κ1) is 19.0. The Morgan fingerprint density at radius 3 is 2.58 bits per heavy atom. The van der Waals surface area contributed by atoms with Gasteiger partial charge in [-0.3, -0.25) is 10.1 Å². The summed E-state index contributed by atoms with van der Waals surface area (Å²) < 4.78 is 23.3. The molecule has 1 N–H and O–H groups in total. The standard InChI is InChI=1S/C17H18FN3O5/c1-20(9-10-26-14-6-3-12(18)4-7-14)17(22)19-15-11-13(21(23)24)5-8-16(15)25-2/h3-8,11H,9-10H2,1-2H3,(H,19,22). The number of hydrogen-bond acceptors (Lipinski definition) is 5. The number of methoxy groups -OCH3 is 1. The normalized spacial score (nSPS) is 10.1. The van der Waals surface area contributed by atoms with Crippen molar-refractivity contribution in [2.45, 2.75) is 0 Å². The van der Waals surface area contributed by atoms with E-state index in [9.17, 15) is 19.3 Å². The first-order valence-electron chi connectivity index (χ1n) is 7.63. The third-order valence-electron chi connectivity index (χ3n) is 3.49. The molecule has 9 heteroatoms. The van der Waals surface area contributed by atoms with Crippen molar-refractivity contribution in [2.24, 2.45) is 0 Å². The van der Waals surface area contributed by atoms with E-state index in [1.807, 2.05) is 0 Å². The maximum Gasteiger partial charge on any atom is 0.321 e. The number of likely N-dealkylation sites (N-methyl/N-ethyl adjacent to an activating group) is 1. The van der Waals surface area contributed by atoms with Crippen LogP contribution in [-0.2, 0) is 0 Å². The number of hydrogen-bond donors (Lipinski definition) is 1. The predicted molar refractivity (Wildman–Crippen MR) is 93.2 cm³/mol. The lowest BCUT2D eigenvalue weighted by atomic mass is 10.2. The van der Waals surface area contributed by atoms with Gasteiger partial charge < -0.3 is 19.7 Å². The molecule has 8 nitrogen and oxygen atoms in total. The lowest BCUT2D eigenvalue weighted by Gasteiger charge is -2.19. The van der Waals surface area contributed by atoms with Crippen LogP contribution in [0.15, 0.2) is 42.5 Å². The lowest BCUT2D eigenvalue weighted by Crippen LogP contribution is -2.34. The highest BCUT2D eigenvalue weighted by molar-refractivity contribution is 5.91. The molecule has 0 bridgehead atoms. The minimum absolute atomic E-state index is 0.164. The number of rotatable bonds is 7. The quantitative estimate of drug-likeness (QED) is 0.602. The Bertz CT molecular complexity index is 782. The predicted octanol–water partition coefficient (Wildman–Crippen LogP) is 3.29. The molecule has 0 saturated carbocycles. The van der Waals surface area contributed by atoms with Crippen molar-refractivity contribution < 1.29 is 23.6 Å². The number of nitrogens with zero attached hydrogens (tertiary/aromatic N) is 2. The van der Waals surface area contributed by atoms with Crippen LogP contribution in [0, 0.1) is 15.9 Å². The number of ether oxygens (including phenoxy) is 2. The smallest absolute Gasteiger partial charge is 0.321 e. The monoisotopic (exact) mass is 363 g/mol. The molecule has 0 aliphatic heterocycles.